The molecule has 2 bridgehead atoms. The van der Waals surface area contributed by atoms with Crippen LogP contribution in [0, 0.1) is 6.92 Å². The van der Waals surface area contributed by atoms with Gasteiger partial charge >= 0.3 is 0 Å². The highest BCUT2D eigenvalue weighted by molar-refractivity contribution is 5.92. The number of aliphatic imine (C=N–C) groups is 1. The normalized spacial score (nSPS) is 15.4. The van der Waals surface area contributed by atoms with Gasteiger partial charge < -0.3 is 19.9 Å². The van der Waals surface area contributed by atoms with Gasteiger partial charge in [-0.1, -0.05) is 0 Å². The summed E-state index contributed by atoms with van der Waals surface area (Å²) in [6, 6.07) is 1.76. The van der Waals surface area contributed by atoms with Gasteiger partial charge in [0.05, 0.1) is 64.8 Å². The lowest BCUT2D eigenvalue weighted by Crippen LogP contribution is -2.24. The van der Waals surface area contributed by atoms with Gasteiger partial charge in [-0.25, -0.2) is 4.68 Å². The predicted molar refractivity (Wildman–Crippen MR) is 141 cm³/mol. The number of H-pyrrole nitrogens is 1. The van der Waals surface area contributed by atoms with E-state index in [0.29, 0.717) is 44.6 Å². The molecule has 194 valence electrons. The summed E-state index contributed by atoms with van der Waals surface area (Å²) in [5.41, 5.74) is 5.71. The van der Waals surface area contributed by atoms with E-state index in [0.717, 1.165) is 44.8 Å². The van der Waals surface area contributed by atoms with Crippen LogP contribution >= 0.6 is 0 Å². The largest absolute Gasteiger partial charge is 0.476 e. The van der Waals surface area contributed by atoms with E-state index >= 15 is 0 Å². The van der Waals surface area contributed by atoms with Crippen LogP contribution in [0.15, 0.2) is 17.3 Å². The van der Waals surface area contributed by atoms with Crippen molar-refractivity contribution in [3.63, 3.8) is 0 Å². The second kappa shape index (κ2) is 10.5. The van der Waals surface area contributed by atoms with E-state index in [1.54, 1.807) is 15.6 Å². The van der Waals surface area contributed by atoms with Crippen LogP contribution in [0.2, 0.25) is 0 Å². The molecule has 0 fully saturated rings. The zero-order chi connectivity index (χ0) is 25.9. The van der Waals surface area contributed by atoms with Gasteiger partial charge in [0.1, 0.15) is 13.2 Å². The highest BCUT2D eigenvalue weighted by Gasteiger charge is 2.22. The fourth-order valence-corrected chi connectivity index (χ4v) is 4.45. The van der Waals surface area contributed by atoms with E-state index < -0.39 is 0 Å². The summed E-state index contributed by atoms with van der Waals surface area (Å²) in [6.07, 6.45) is 5.66. The van der Waals surface area contributed by atoms with Crippen molar-refractivity contribution in [1.29, 1.82) is 0 Å². The van der Waals surface area contributed by atoms with Crippen LogP contribution in [0.4, 0.5) is 0 Å². The lowest BCUT2D eigenvalue weighted by Gasteiger charge is -2.14. The molecule has 5 heterocycles. The van der Waals surface area contributed by atoms with Crippen LogP contribution in [0.3, 0.4) is 0 Å². The molecule has 0 radical (unpaired) electrons. The van der Waals surface area contributed by atoms with E-state index in [1.807, 2.05) is 39.1 Å². The Morgan fingerprint density at radius 2 is 2.19 bits per heavy atom. The van der Waals surface area contributed by atoms with Crippen LogP contribution in [0.1, 0.15) is 35.6 Å². The van der Waals surface area contributed by atoms with Crippen molar-refractivity contribution in [3.05, 3.63) is 34.9 Å². The summed E-state index contributed by atoms with van der Waals surface area (Å²) in [7, 11) is 1.86. The van der Waals surface area contributed by atoms with Gasteiger partial charge in [0.25, 0.3) is 0 Å². The third kappa shape index (κ3) is 4.72. The summed E-state index contributed by atoms with van der Waals surface area (Å²) in [5, 5.41) is 31.1. The Morgan fingerprint density at radius 1 is 1.32 bits per heavy atom. The van der Waals surface area contributed by atoms with Crippen LogP contribution in [-0.2, 0) is 13.6 Å². The first-order valence-corrected chi connectivity index (χ1v) is 12.2. The Hall–Kier alpha value is -4.03. The van der Waals surface area contributed by atoms with Crippen LogP contribution in [0.5, 0.6) is 11.8 Å². The monoisotopic (exact) mass is 505 g/mol. The number of hydrogen-bond acceptors (Lipinski definition) is 9. The molecule has 4 aromatic rings. The fourth-order valence-electron chi connectivity index (χ4n) is 4.45. The number of pyridine rings is 1. The molecule has 0 saturated heterocycles. The van der Waals surface area contributed by atoms with E-state index in [4.69, 9.17) is 9.47 Å². The molecule has 0 unspecified atom stereocenters. The number of aliphatic hydroxyl groups excluding tert-OH is 1. The minimum Gasteiger partial charge on any atom is -0.476 e. The maximum atomic E-state index is 9.88. The number of rotatable bonds is 6. The second-order valence-electron chi connectivity index (χ2n) is 8.91. The maximum Gasteiger partial charge on any atom is 0.240 e. The van der Waals surface area contributed by atoms with Crippen molar-refractivity contribution in [2.45, 2.75) is 26.4 Å². The number of hydrogen-bond donors (Lipinski definition) is 3. The quantitative estimate of drug-likeness (QED) is 0.267. The highest BCUT2D eigenvalue weighted by atomic mass is 16.5. The number of aromatic amines is 1. The van der Waals surface area contributed by atoms with Gasteiger partial charge in [-0.3, -0.25) is 19.8 Å². The van der Waals surface area contributed by atoms with Gasteiger partial charge in [-0.15, -0.1) is 5.10 Å². The Morgan fingerprint density at radius 3 is 3.00 bits per heavy atom. The molecule has 3 N–H and O–H groups in total. The molecule has 1 atom stereocenters. The molecular formula is C25H31N9O3. The van der Waals surface area contributed by atoms with Crippen LogP contribution < -0.4 is 14.8 Å². The Kier molecular flexibility index (Phi) is 7.01. The molecule has 0 spiro atoms. The van der Waals surface area contributed by atoms with Crippen molar-refractivity contribution < 1.29 is 14.6 Å². The number of ether oxygens (including phenoxy) is 2. The lowest BCUT2D eigenvalue weighted by molar-refractivity contribution is 0.222. The van der Waals surface area contributed by atoms with Gasteiger partial charge in [-0.2, -0.15) is 10.2 Å². The zero-order valence-electron chi connectivity index (χ0n) is 21.2. The average Bonchev–Trinajstić information content (AvgIpc) is 3.54. The molecule has 12 nitrogen and oxygen atoms in total. The van der Waals surface area contributed by atoms with Crippen molar-refractivity contribution in [1.82, 2.24) is 40.1 Å². The predicted octanol–water partition coefficient (Wildman–Crippen LogP) is 2.15. The number of aryl methyl sites for hydroxylation is 2. The SMILES string of the molecule is C=NCCOc1nn([C@@H](C)CO)c2c1/C=C/c1n[nH]c3cnc(cc13)-c1c(C)nn(C)c1OCCNC2. The zero-order valence-corrected chi connectivity index (χ0v) is 21.2. The smallest absolute Gasteiger partial charge is 0.240 e. The number of aliphatic hydroxyl groups is 1. The summed E-state index contributed by atoms with van der Waals surface area (Å²) < 4.78 is 15.7. The Balaban J connectivity index is 1.64. The Bertz CT molecular complexity index is 1450. The summed E-state index contributed by atoms with van der Waals surface area (Å²) >= 11 is 0. The lowest BCUT2D eigenvalue weighted by atomic mass is 10.1. The van der Waals surface area contributed by atoms with Crippen molar-refractivity contribution in [3.8, 4) is 23.0 Å². The third-order valence-electron chi connectivity index (χ3n) is 6.31. The van der Waals surface area contributed by atoms with Crippen molar-refractivity contribution in [2.75, 3.05) is 32.9 Å². The molecule has 0 saturated carbocycles. The molecule has 1 aliphatic heterocycles. The molecule has 0 aliphatic carbocycles. The van der Waals surface area contributed by atoms with E-state index in [-0.39, 0.29) is 12.6 Å². The third-order valence-corrected chi connectivity index (χ3v) is 6.31. The molecule has 12 heteroatoms. The van der Waals surface area contributed by atoms with Gasteiger partial charge in [0.2, 0.25) is 11.8 Å². The number of fused-ring (bicyclic) bond motifs is 4. The first kappa shape index (κ1) is 24.7. The van der Waals surface area contributed by atoms with Gasteiger partial charge in [-0.05, 0) is 38.8 Å². The molecular weight excluding hydrogens is 474 g/mol. The standard InChI is InChI=1S/C25H31N9O3/c1-15(14-35)34-22-13-27-8-10-37-25-23(16(2)31-33(25)4)20-11-18-19(29-30-21(18)12-28-20)6-5-17(22)24(32-34)36-9-7-26-3/h5-6,11-12,15,27,35H,3,7-10,13-14H2,1-2,4H3,(H,29,30)/b6-5+/t15-/m0/s1. The number of nitrogens with zero attached hydrogens (tertiary/aromatic N) is 7. The molecule has 0 amide bonds. The minimum absolute atomic E-state index is 0.0585. The van der Waals surface area contributed by atoms with E-state index in [1.165, 1.54) is 0 Å². The van der Waals surface area contributed by atoms with Crippen LogP contribution in [-0.4, -0.2) is 79.5 Å². The van der Waals surface area contributed by atoms with E-state index in [2.05, 4.69) is 42.4 Å². The van der Waals surface area contributed by atoms with Gasteiger partial charge in [0.15, 0.2) is 0 Å². The van der Waals surface area contributed by atoms with E-state index in [9.17, 15) is 5.11 Å². The average molecular weight is 506 g/mol. The molecule has 4 aromatic heterocycles. The minimum atomic E-state index is -0.239. The summed E-state index contributed by atoms with van der Waals surface area (Å²) in [5.74, 6) is 1.13. The number of nitrogens with one attached hydrogen (secondary N) is 2. The first-order valence-electron chi connectivity index (χ1n) is 12.2. The second-order valence-corrected chi connectivity index (χ2v) is 8.91. The van der Waals surface area contributed by atoms with Crippen molar-refractivity contribution in [2.24, 2.45) is 12.0 Å². The van der Waals surface area contributed by atoms with Crippen molar-refractivity contribution >= 4 is 29.8 Å². The topological polar surface area (TPSA) is 140 Å². The summed E-state index contributed by atoms with van der Waals surface area (Å²) in [4.78, 5) is 8.53. The van der Waals surface area contributed by atoms with Gasteiger partial charge in [0, 0.05) is 25.5 Å². The molecule has 0 aromatic carbocycles. The summed E-state index contributed by atoms with van der Waals surface area (Å²) in [6.45, 7) is 9.62. The fraction of sp³-hybridized carbons (Fsp3) is 0.400. The maximum absolute atomic E-state index is 9.88. The Labute approximate surface area is 214 Å². The molecule has 37 heavy (non-hydrogen) atoms. The number of aromatic nitrogens is 7. The highest BCUT2D eigenvalue weighted by Crippen LogP contribution is 2.34. The molecule has 1 aliphatic rings. The van der Waals surface area contributed by atoms with Crippen LogP contribution in [0.25, 0.3) is 34.3 Å². The first-order chi connectivity index (χ1) is 18.0. The molecule has 5 rings (SSSR count).